The number of nitriles is 2. The summed E-state index contributed by atoms with van der Waals surface area (Å²) in [5, 5.41) is 17.7. The number of benzene rings is 2. The van der Waals surface area contributed by atoms with Crippen molar-refractivity contribution < 1.29 is 13.2 Å². The van der Waals surface area contributed by atoms with E-state index in [-0.39, 0.29) is 19.7 Å². The lowest BCUT2D eigenvalue weighted by atomic mass is 10.1. The molecule has 2 aromatic rings. The smallest absolute Gasteiger partial charge is 0.305 e. The zero-order valence-electron chi connectivity index (χ0n) is 14.7. The number of aryl methyl sites for hydroxylation is 1. The highest BCUT2D eigenvalue weighted by atomic mass is 32.2. The van der Waals surface area contributed by atoms with Crippen LogP contribution in [-0.4, -0.2) is 32.4 Å². The highest BCUT2D eigenvalue weighted by molar-refractivity contribution is 7.90. The fourth-order valence-electron chi connectivity index (χ4n) is 3.04. The third kappa shape index (κ3) is 3.72. The van der Waals surface area contributed by atoms with Gasteiger partial charge in [-0.15, -0.1) is 0 Å². The first kappa shape index (κ1) is 18.7. The Kier molecular flexibility index (Phi) is 5.31. The minimum atomic E-state index is -3.83. The van der Waals surface area contributed by atoms with Crippen LogP contribution < -0.4 is 9.04 Å². The van der Waals surface area contributed by atoms with Crippen LogP contribution in [0.5, 0.6) is 5.75 Å². The summed E-state index contributed by atoms with van der Waals surface area (Å²) in [7, 11) is -3.83. The van der Waals surface area contributed by atoms with E-state index in [0.29, 0.717) is 11.4 Å². The van der Waals surface area contributed by atoms with Gasteiger partial charge in [-0.1, -0.05) is 29.8 Å². The minimum Gasteiger partial charge on any atom is -0.479 e. The molecule has 0 spiro atoms. The van der Waals surface area contributed by atoms with Crippen molar-refractivity contribution in [3.8, 4) is 17.9 Å². The Balaban J connectivity index is 2.05. The fourth-order valence-corrected chi connectivity index (χ4v) is 4.74. The van der Waals surface area contributed by atoms with Crippen molar-refractivity contribution in [1.29, 1.82) is 10.5 Å². The second kappa shape index (κ2) is 7.67. The van der Waals surface area contributed by atoms with Crippen molar-refractivity contribution in [2.24, 2.45) is 0 Å². The molecule has 0 radical (unpaired) electrons. The Morgan fingerprint density at radius 1 is 1.15 bits per heavy atom. The van der Waals surface area contributed by atoms with Crippen molar-refractivity contribution in [3.63, 3.8) is 0 Å². The molecule has 2 aromatic carbocycles. The van der Waals surface area contributed by atoms with Gasteiger partial charge >= 0.3 is 10.2 Å². The van der Waals surface area contributed by atoms with Gasteiger partial charge in [-0.3, -0.25) is 0 Å². The molecule has 0 bridgehead atoms. The topological polar surface area (TPSA) is 97.4 Å². The zero-order chi connectivity index (χ0) is 19.4. The van der Waals surface area contributed by atoms with Crippen molar-refractivity contribution in [3.05, 3.63) is 59.7 Å². The van der Waals surface area contributed by atoms with E-state index < -0.39 is 16.3 Å². The van der Waals surface area contributed by atoms with E-state index in [2.05, 4.69) is 0 Å². The van der Waals surface area contributed by atoms with E-state index in [9.17, 15) is 8.42 Å². The average Bonchev–Trinajstić information content (AvgIpc) is 2.92. The van der Waals surface area contributed by atoms with E-state index in [0.717, 1.165) is 11.1 Å². The molecule has 1 saturated heterocycles. The summed E-state index contributed by atoms with van der Waals surface area (Å²) in [5.41, 5.74) is 2.29. The quantitative estimate of drug-likeness (QED) is 0.740. The third-order valence-electron chi connectivity index (χ3n) is 4.32. The molecule has 0 N–H and O–H groups in total. The molecule has 27 heavy (non-hydrogen) atoms. The molecule has 1 aliphatic heterocycles. The van der Waals surface area contributed by atoms with Gasteiger partial charge in [0.25, 0.3) is 0 Å². The molecule has 1 atom stereocenters. The van der Waals surface area contributed by atoms with Crippen molar-refractivity contribution in [2.75, 3.05) is 24.0 Å². The summed E-state index contributed by atoms with van der Waals surface area (Å²) in [5.74, 6) is 0.494. The van der Waals surface area contributed by atoms with Gasteiger partial charge in [0.05, 0.1) is 17.8 Å². The molecule has 0 saturated carbocycles. The Labute approximate surface area is 158 Å². The molecule has 138 valence electrons. The van der Waals surface area contributed by atoms with Crippen LogP contribution in [0.15, 0.2) is 48.5 Å². The molecule has 1 heterocycles. The summed E-state index contributed by atoms with van der Waals surface area (Å²) < 4.78 is 33.9. The van der Waals surface area contributed by atoms with E-state index in [4.69, 9.17) is 15.3 Å². The average molecular weight is 382 g/mol. The molecule has 3 rings (SSSR count). The first-order chi connectivity index (χ1) is 13.0. The van der Waals surface area contributed by atoms with Crippen LogP contribution in [0.4, 0.5) is 5.69 Å². The molecule has 7 nitrogen and oxygen atoms in total. The molecular weight excluding hydrogens is 364 g/mol. The van der Waals surface area contributed by atoms with Gasteiger partial charge < -0.3 is 4.74 Å². The second-order valence-corrected chi connectivity index (χ2v) is 7.93. The standard InChI is InChI=1S/C19H18N4O3S/c1-15-5-7-17(8-6-15)23-19(14-22(11-9-20)27(23,24)25)16-3-2-4-18(13-16)26-12-10-21/h2-8,13,19H,11-12,14H2,1H3/t19-/m1/s1. The molecular formula is C19H18N4O3S. The van der Waals surface area contributed by atoms with E-state index in [1.54, 1.807) is 30.3 Å². The van der Waals surface area contributed by atoms with Crippen LogP contribution in [0, 0.1) is 29.6 Å². The molecule has 0 aromatic heterocycles. The number of rotatable bonds is 5. The Bertz CT molecular complexity index is 1010. The molecule has 0 amide bonds. The summed E-state index contributed by atoms with van der Waals surface area (Å²) >= 11 is 0. The van der Waals surface area contributed by atoms with Gasteiger partial charge in [0.15, 0.2) is 6.61 Å². The number of nitrogens with zero attached hydrogens (tertiary/aromatic N) is 4. The predicted molar refractivity (Wildman–Crippen MR) is 100 cm³/mol. The predicted octanol–water partition coefficient (Wildman–Crippen LogP) is 2.53. The number of hydrogen-bond acceptors (Lipinski definition) is 5. The monoisotopic (exact) mass is 382 g/mol. The lowest BCUT2D eigenvalue weighted by molar-refractivity contribution is 0.367. The summed E-state index contributed by atoms with van der Waals surface area (Å²) in [6, 6.07) is 17.6. The van der Waals surface area contributed by atoms with Crippen LogP contribution in [0.1, 0.15) is 17.2 Å². The van der Waals surface area contributed by atoms with Gasteiger partial charge in [-0.2, -0.15) is 23.2 Å². The Hall–Kier alpha value is -3.07. The van der Waals surface area contributed by atoms with E-state index >= 15 is 0 Å². The molecule has 0 unspecified atom stereocenters. The summed E-state index contributed by atoms with van der Waals surface area (Å²) in [6.45, 7) is 1.78. The van der Waals surface area contributed by atoms with Crippen molar-refractivity contribution in [2.45, 2.75) is 13.0 Å². The maximum absolute atomic E-state index is 13.0. The van der Waals surface area contributed by atoms with Crippen LogP contribution in [0.2, 0.25) is 0 Å². The first-order valence-corrected chi connectivity index (χ1v) is 9.70. The highest BCUT2D eigenvalue weighted by Crippen LogP contribution is 2.38. The largest absolute Gasteiger partial charge is 0.479 e. The van der Waals surface area contributed by atoms with Crippen LogP contribution in [-0.2, 0) is 10.2 Å². The molecule has 8 heteroatoms. The normalized spacial score (nSPS) is 18.6. The van der Waals surface area contributed by atoms with Gasteiger partial charge in [-0.05, 0) is 36.8 Å². The summed E-state index contributed by atoms with van der Waals surface area (Å²) in [4.78, 5) is 0. The van der Waals surface area contributed by atoms with E-state index in [1.165, 1.54) is 8.61 Å². The molecule has 1 fully saturated rings. The lowest BCUT2D eigenvalue weighted by Crippen LogP contribution is -2.33. The van der Waals surface area contributed by atoms with Gasteiger partial charge in [0, 0.05) is 6.54 Å². The first-order valence-electron chi connectivity index (χ1n) is 8.30. The summed E-state index contributed by atoms with van der Waals surface area (Å²) in [6.07, 6.45) is 0. The van der Waals surface area contributed by atoms with Gasteiger partial charge in [0.1, 0.15) is 18.4 Å². The van der Waals surface area contributed by atoms with Crippen LogP contribution in [0.3, 0.4) is 0 Å². The highest BCUT2D eigenvalue weighted by Gasteiger charge is 2.44. The maximum Gasteiger partial charge on any atom is 0.305 e. The minimum absolute atomic E-state index is 0.0886. The number of anilines is 1. The molecule has 1 aliphatic rings. The number of hydrogen-bond donors (Lipinski definition) is 0. The fraction of sp³-hybridized carbons (Fsp3) is 0.263. The van der Waals surface area contributed by atoms with Crippen LogP contribution >= 0.6 is 0 Å². The SMILES string of the molecule is Cc1ccc(N2[C@@H](c3cccc(OCC#N)c3)CN(CC#N)S2(=O)=O)cc1. The van der Waals surface area contributed by atoms with Crippen LogP contribution in [0.25, 0.3) is 0 Å². The zero-order valence-corrected chi connectivity index (χ0v) is 15.6. The maximum atomic E-state index is 13.0. The van der Waals surface area contributed by atoms with E-state index in [1.807, 2.05) is 37.3 Å². The molecule has 0 aliphatic carbocycles. The number of ether oxygens (including phenoxy) is 1. The Morgan fingerprint density at radius 2 is 1.89 bits per heavy atom. The van der Waals surface area contributed by atoms with Crippen molar-refractivity contribution >= 4 is 15.9 Å². The Morgan fingerprint density at radius 3 is 2.56 bits per heavy atom. The van der Waals surface area contributed by atoms with Crippen molar-refractivity contribution in [1.82, 2.24) is 4.31 Å². The lowest BCUT2D eigenvalue weighted by Gasteiger charge is -2.25. The van der Waals surface area contributed by atoms with Gasteiger partial charge in [0.2, 0.25) is 0 Å². The second-order valence-electron chi connectivity index (χ2n) is 6.12. The third-order valence-corrected chi connectivity index (χ3v) is 6.21. The van der Waals surface area contributed by atoms with Gasteiger partial charge in [-0.25, -0.2) is 4.31 Å².